The largest absolute Gasteiger partial charge is 0.342 e. The topological polar surface area (TPSA) is 35.5 Å². The van der Waals surface area contributed by atoms with Crippen LogP contribution in [0, 0.1) is 0 Å². The Kier molecular flexibility index (Phi) is 5.77. The van der Waals surface area contributed by atoms with Crippen LogP contribution < -0.4 is 0 Å². The van der Waals surface area contributed by atoms with Crippen molar-refractivity contribution in [3.05, 3.63) is 12.7 Å². The minimum absolute atomic E-state index is 0.337. The van der Waals surface area contributed by atoms with Crippen LogP contribution in [-0.4, -0.2) is 12.6 Å². The molecule has 0 N–H and O–H groups in total. The molecule has 0 aromatic carbocycles. The number of hydrogen-bond acceptors (Lipinski definition) is 3. The van der Waals surface area contributed by atoms with E-state index in [1.54, 1.807) is 13.0 Å². The predicted octanol–water partition coefficient (Wildman–Crippen LogP) is 1.45. The maximum atomic E-state index is 10.6. The van der Waals surface area contributed by atoms with E-state index in [1.165, 1.54) is 0 Å². The molecule has 0 aromatic heterocycles. The highest BCUT2D eigenvalue weighted by Gasteiger charge is 1.99. The van der Waals surface area contributed by atoms with E-state index in [9.17, 15) is 4.79 Å². The molecule has 0 radical (unpaired) electrons. The normalized spacial score (nSPS) is 8.90. The first-order chi connectivity index (χ1) is 4.81. The van der Waals surface area contributed by atoms with Crippen molar-refractivity contribution >= 4 is 5.97 Å². The van der Waals surface area contributed by atoms with E-state index in [0.717, 1.165) is 0 Å². The van der Waals surface area contributed by atoms with E-state index in [-0.39, 0.29) is 5.97 Å². The van der Waals surface area contributed by atoms with Gasteiger partial charge in [0, 0.05) is 0 Å². The van der Waals surface area contributed by atoms with Crippen molar-refractivity contribution in [1.29, 1.82) is 0 Å². The van der Waals surface area contributed by atoms with Crippen molar-refractivity contribution in [2.24, 2.45) is 0 Å². The van der Waals surface area contributed by atoms with Crippen LogP contribution >= 0.6 is 0 Å². The molecule has 0 heterocycles. The monoisotopic (exact) mass is 144 g/mol. The number of hydrogen-bond donors (Lipinski definition) is 0. The Morgan fingerprint density at radius 2 is 2.40 bits per heavy atom. The third-order valence-electron chi connectivity index (χ3n) is 0.822. The highest BCUT2D eigenvalue weighted by Crippen LogP contribution is 1.92. The SMILES string of the molecule is C=CCCC(=O)OOCC. The first kappa shape index (κ1) is 9.17. The second-order valence-electron chi connectivity index (χ2n) is 1.69. The third-order valence-corrected chi connectivity index (χ3v) is 0.822. The molecule has 0 atom stereocenters. The molecular weight excluding hydrogens is 132 g/mol. The highest BCUT2D eigenvalue weighted by molar-refractivity contribution is 5.68. The zero-order chi connectivity index (χ0) is 7.82. The van der Waals surface area contributed by atoms with E-state index >= 15 is 0 Å². The van der Waals surface area contributed by atoms with Crippen LogP contribution in [0.2, 0.25) is 0 Å². The summed E-state index contributed by atoms with van der Waals surface area (Å²) in [5, 5.41) is 0. The Morgan fingerprint density at radius 1 is 1.70 bits per heavy atom. The Bertz CT molecular complexity index is 109. The van der Waals surface area contributed by atoms with Gasteiger partial charge >= 0.3 is 5.97 Å². The van der Waals surface area contributed by atoms with Crippen LogP contribution in [-0.2, 0) is 14.6 Å². The molecule has 0 amide bonds. The van der Waals surface area contributed by atoms with E-state index in [4.69, 9.17) is 0 Å². The van der Waals surface area contributed by atoms with E-state index < -0.39 is 0 Å². The lowest BCUT2D eigenvalue weighted by Gasteiger charge is -1.97. The molecule has 0 fully saturated rings. The summed E-state index contributed by atoms with van der Waals surface area (Å²) >= 11 is 0. The van der Waals surface area contributed by atoms with Gasteiger partial charge in [-0.15, -0.1) is 6.58 Å². The second-order valence-corrected chi connectivity index (χ2v) is 1.69. The average molecular weight is 144 g/mol. The van der Waals surface area contributed by atoms with Gasteiger partial charge in [0.05, 0.1) is 13.0 Å². The molecule has 0 rings (SSSR count). The minimum atomic E-state index is -0.346. The summed E-state index contributed by atoms with van der Waals surface area (Å²) in [6, 6.07) is 0. The number of carbonyl (C=O) groups excluding carboxylic acids is 1. The molecule has 0 aromatic rings. The highest BCUT2D eigenvalue weighted by atomic mass is 17.2. The molecule has 3 heteroatoms. The molecule has 58 valence electrons. The zero-order valence-electron chi connectivity index (χ0n) is 6.13. The Balaban J connectivity index is 3.16. The molecule has 0 bridgehead atoms. The fourth-order valence-corrected chi connectivity index (χ4v) is 0.386. The maximum Gasteiger partial charge on any atom is 0.342 e. The predicted molar refractivity (Wildman–Crippen MR) is 37.1 cm³/mol. The van der Waals surface area contributed by atoms with Crippen molar-refractivity contribution in [1.82, 2.24) is 0 Å². The van der Waals surface area contributed by atoms with Gasteiger partial charge in [0.1, 0.15) is 0 Å². The lowest BCUT2D eigenvalue weighted by atomic mass is 10.3. The molecule has 10 heavy (non-hydrogen) atoms. The van der Waals surface area contributed by atoms with Crippen LogP contribution in [0.15, 0.2) is 12.7 Å². The summed E-state index contributed by atoms with van der Waals surface area (Å²) in [5.74, 6) is -0.346. The molecule has 0 aliphatic carbocycles. The van der Waals surface area contributed by atoms with E-state index in [1.807, 2.05) is 0 Å². The summed E-state index contributed by atoms with van der Waals surface area (Å²) in [7, 11) is 0. The van der Waals surface area contributed by atoms with E-state index in [0.29, 0.717) is 19.4 Å². The smallest absolute Gasteiger partial charge is 0.298 e. The van der Waals surface area contributed by atoms with Crippen LogP contribution in [0.25, 0.3) is 0 Å². The van der Waals surface area contributed by atoms with Crippen LogP contribution in [0.3, 0.4) is 0 Å². The van der Waals surface area contributed by atoms with Crippen LogP contribution in [0.4, 0.5) is 0 Å². The van der Waals surface area contributed by atoms with Gasteiger partial charge < -0.3 is 0 Å². The Hall–Kier alpha value is -0.830. The van der Waals surface area contributed by atoms with Crippen LogP contribution in [0.5, 0.6) is 0 Å². The van der Waals surface area contributed by atoms with Gasteiger partial charge in [0.15, 0.2) is 0 Å². The summed E-state index contributed by atoms with van der Waals surface area (Å²) in [6.07, 6.45) is 2.63. The summed E-state index contributed by atoms with van der Waals surface area (Å²) < 4.78 is 0. The van der Waals surface area contributed by atoms with Gasteiger partial charge in [-0.05, 0) is 13.3 Å². The van der Waals surface area contributed by atoms with Crippen molar-refractivity contribution in [2.75, 3.05) is 6.61 Å². The molecule has 0 spiro atoms. The first-order valence-corrected chi connectivity index (χ1v) is 3.24. The number of rotatable bonds is 5. The number of allylic oxidation sites excluding steroid dienone is 1. The molecular formula is C7H12O3. The fourth-order valence-electron chi connectivity index (χ4n) is 0.386. The summed E-state index contributed by atoms with van der Waals surface area (Å²) in [6.45, 7) is 5.60. The molecule has 0 saturated carbocycles. The quantitative estimate of drug-likeness (QED) is 0.333. The zero-order valence-corrected chi connectivity index (χ0v) is 6.13. The van der Waals surface area contributed by atoms with Gasteiger partial charge in [0.25, 0.3) is 0 Å². The van der Waals surface area contributed by atoms with Crippen LogP contribution in [0.1, 0.15) is 19.8 Å². The lowest BCUT2D eigenvalue weighted by Crippen LogP contribution is -2.04. The van der Waals surface area contributed by atoms with Gasteiger partial charge in [0.2, 0.25) is 0 Å². The standard InChI is InChI=1S/C7H12O3/c1-3-5-6-7(8)10-9-4-2/h3H,1,4-6H2,2H3. The number of carbonyl (C=O) groups is 1. The fraction of sp³-hybridized carbons (Fsp3) is 0.571. The average Bonchev–Trinajstić information content (AvgIpc) is 1.97. The minimum Gasteiger partial charge on any atom is -0.298 e. The summed E-state index contributed by atoms with van der Waals surface area (Å²) in [4.78, 5) is 19.3. The molecule has 0 saturated heterocycles. The third kappa shape index (κ3) is 5.31. The maximum absolute atomic E-state index is 10.6. The van der Waals surface area contributed by atoms with Gasteiger partial charge in [-0.2, -0.15) is 4.89 Å². The van der Waals surface area contributed by atoms with Gasteiger partial charge in [-0.3, -0.25) is 4.89 Å². The molecule has 0 aliphatic rings. The molecule has 0 aliphatic heterocycles. The van der Waals surface area contributed by atoms with Crippen molar-refractivity contribution in [3.63, 3.8) is 0 Å². The Morgan fingerprint density at radius 3 is 2.90 bits per heavy atom. The Labute approximate surface area is 60.6 Å². The van der Waals surface area contributed by atoms with Crippen molar-refractivity contribution in [3.8, 4) is 0 Å². The molecule has 3 nitrogen and oxygen atoms in total. The van der Waals surface area contributed by atoms with Gasteiger partial charge in [-0.1, -0.05) is 6.08 Å². The first-order valence-electron chi connectivity index (χ1n) is 3.24. The second kappa shape index (κ2) is 6.29. The van der Waals surface area contributed by atoms with Crippen molar-refractivity contribution in [2.45, 2.75) is 19.8 Å². The van der Waals surface area contributed by atoms with E-state index in [2.05, 4.69) is 16.4 Å². The summed E-state index contributed by atoms with van der Waals surface area (Å²) in [5.41, 5.74) is 0. The van der Waals surface area contributed by atoms with Gasteiger partial charge in [-0.25, -0.2) is 4.79 Å². The molecule has 0 unspecified atom stereocenters. The lowest BCUT2D eigenvalue weighted by molar-refractivity contribution is -0.269. The van der Waals surface area contributed by atoms with Crippen molar-refractivity contribution < 1.29 is 14.6 Å².